The molecule has 13 heavy (non-hydrogen) atoms. The van der Waals surface area contributed by atoms with Crippen molar-refractivity contribution in [2.75, 3.05) is 0 Å². The monoisotopic (exact) mass is 200 g/mol. The van der Waals surface area contributed by atoms with Gasteiger partial charge in [0.2, 0.25) is 6.08 Å². The van der Waals surface area contributed by atoms with E-state index in [2.05, 4.69) is 4.99 Å². The molecule has 0 atom stereocenters. The largest absolute Gasteiger partial charge is 0.326 e. The fraction of sp³-hybridized carbons (Fsp3) is 0.125. The second kappa shape index (κ2) is 4.14. The van der Waals surface area contributed by atoms with Gasteiger partial charge in [0.15, 0.2) is 5.82 Å². The molecule has 0 heterocycles. The molecule has 0 spiro atoms. The van der Waals surface area contributed by atoms with Crippen LogP contribution in [0.2, 0.25) is 5.02 Å². The molecular weight excluding hydrogens is 195 g/mol. The zero-order chi connectivity index (χ0) is 9.84. The van der Waals surface area contributed by atoms with E-state index >= 15 is 0 Å². The topological polar surface area (TPSA) is 55.4 Å². The molecular formula is C8H6ClFN2O. The van der Waals surface area contributed by atoms with Crippen LogP contribution in [0.3, 0.4) is 0 Å². The lowest BCUT2D eigenvalue weighted by Crippen LogP contribution is -1.97. The van der Waals surface area contributed by atoms with Crippen molar-refractivity contribution in [2.45, 2.75) is 6.54 Å². The SMILES string of the molecule is NCc1cc(N=C=O)c(F)cc1Cl. The first-order valence-electron chi connectivity index (χ1n) is 3.45. The van der Waals surface area contributed by atoms with Gasteiger partial charge in [0.25, 0.3) is 0 Å². The van der Waals surface area contributed by atoms with Gasteiger partial charge in [-0.2, -0.15) is 4.99 Å². The Morgan fingerprint density at radius 1 is 1.62 bits per heavy atom. The Kier molecular flexibility index (Phi) is 3.14. The van der Waals surface area contributed by atoms with Crippen LogP contribution in [0.1, 0.15) is 5.56 Å². The summed E-state index contributed by atoms with van der Waals surface area (Å²) in [6.45, 7) is 0.167. The lowest BCUT2D eigenvalue weighted by Gasteiger charge is -2.02. The zero-order valence-electron chi connectivity index (χ0n) is 6.55. The van der Waals surface area contributed by atoms with E-state index in [1.54, 1.807) is 0 Å². The van der Waals surface area contributed by atoms with Crippen LogP contribution in [-0.4, -0.2) is 6.08 Å². The van der Waals surface area contributed by atoms with Gasteiger partial charge in [0.05, 0.1) is 0 Å². The summed E-state index contributed by atoms with van der Waals surface area (Å²) in [5.74, 6) is -0.662. The lowest BCUT2D eigenvalue weighted by molar-refractivity contribution is 0.564. The van der Waals surface area contributed by atoms with Crippen molar-refractivity contribution in [3.05, 3.63) is 28.5 Å². The molecule has 0 bridgehead atoms. The highest BCUT2D eigenvalue weighted by atomic mass is 35.5. The molecule has 0 amide bonds. The highest BCUT2D eigenvalue weighted by molar-refractivity contribution is 6.31. The molecule has 2 N–H and O–H groups in total. The summed E-state index contributed by atoms with van der Waals surface area (Å²) < 4.78 is 13.0. The Morgan fingerprint density at radius 3 is 2.85 bits per heavy atom. The van der Waals surface area contributed by atoms with Crippen molar-refractivity contribution in [2.24, 2.45) is 10.7 Å². The van der Waals surface area contributed by atoms with Gasteiger partial charge in [0, 0.05) is 11.6 Å². The first kappa shape index (κ1) is 9.86. The highest BCUT2D eigenvalue weighted by Gasteiger charge is 2.06. The van der Waals surface area contributed by atoms with E-state index in [1.165, 1.54) is 12.1 Å². The van der Waals surface area contributed by atoms with E-state index in [-0.39, 0.29) is 17.3 Å². The van der Waals surface area contributed by atoms with E-state index in [9.17, 15) is 9.18 Å². The molecule has 0 aliphatic rings. The maximum absolute atomic E-state index is 13.0. The fourth-order valence-corrected chi connectivity index (χ4v) is 1.10. The number of benzene rings is 1. The molecule has 0 radical (unpaired) electrons. The molecule has 3 nitrogen and oxygen atoms in total. The predicted molar refractivity (Wildman–Crippen MR) is 47.1 cm³/mol. The first-order chi connectivity index (χ1) is 6.19. The van der Waals surface area contributed by atoms with Crippen molar-refractivity contribution in [1.82, 2.24) is 0 Å². The summed E-state index contributed by atoms with van der Waals surface area (Å²) in [7, 11) is 0. The summed E-state index contributed by atoms with van der Waals surface area (Å²) in [6, 6.07) is 2.39. The second-order valence-corrected chi connectivity index (χ2v) is 2.71. The van der Waals surface area contributed by atoms with E-state index in [0.29, 0.717) is 5.56 Å². The fourth-order valence-electron chi connectivity index (χ4n) is 0.872. The molecule has 0 aliphatic heterocycles. The first-order valence-corrected chi connectivity index (χ1v) is 3.82. The Labute approximate surface area is 79.0 Å². The van der Waals surface area contributed by atoms with Crippen molar-refractivity contribution >= 4 is 23.4 Å². The van der Waals surface area contributed by atoms with Crippen LogP contribution >= 0.6 is 11.6 Å². The molecule has 1 rings (SSSR count). The van der Waals surface area contributed by atoms with Gasteiger partial charge in [-0.25, -0.2) is 9.18 Å². The summed E-state index contributed by atoms with van der Waals surface area (Å²) in [4.78, 5) is 13.0. The van der Waals surface area contributed by atoms with Crippen molar-refractivity contribution in [1.29, 1.82) is 0 Å². The van der Waals surface area contributed by atoms with E-state index in [4.69, 9.17) is 17.3 Å². The van der Waals surface area contributed by atoms with E-state index < -0.39 is 5.82 Å². The lowest BCUT2D eigenvalue weighted by atomic mass is 10.2. The summed E-state index contributed by atoms with van der Waals surface area (Å²) in [5.41, 5.74) is 5.76. The Balaban J connectivity index is 3.29. The van der Waals surface area contributed by atoms with Crippen LogP contribution in [0.25, 0.3) is 0 Å². The normalized spacial score (nSPS) is 9.46. The van der Waals surface area contributed by atoms with Crippen LogP contribution in [0.15, 0.2) is 17.1 Å². The van der Waals surface area contributed by atoms with Gasteiger partial charge >= 0.3 is 0 Å². The summed E-state index contributed by atoms with van der Waals surface area (Å²) in [6.07, 6.45) is 1.25. The molecule has 0 fully saturated rings. The average molecular weight is 201 g/mol. The maximum atomic E-state index is 13.0. The van der Waals surface area contributed by atoms with E-state index in [0.717, 1.165) is 6.07 Å². The molecule has 68 valence electrons. The molecule has 0 unspecified atom stereocenters. The van der Waals surface area contributed by atoms with Gasteiger partial charge in [0.1, 0.15) is 5.69 Å². The predicted octanol–water partition coefficient (Wildman–Crippen LogP) is 1.91. The van der Waals surface area contributed by atoms with Crippen LogP contribution in [0.5, 0.6) is 0 Å². The smallest absolute Gasteiger partial charge is 0.240 e. The molecule has 0 saturated heterocycles. The van der Waals surface area contributed by atoms with Gasteiger partial charge in [-0.15, -0.1) is 0 Å². The third kappa shape index (κ3) is 2.12. The number of nitrogens with zero attached hydrogens (tertiary/aromatic N) is 1. The van der Waals surface area contributed by atoms with Crippen LogP contribution in [0.4, 0.5) is 10.1 Å². The Hall–Kier alpha value is -1.22. The van der Waals surface area contributed by atoms with Crippen molar-refractivity contribution < 1.29 is 9.18 Å². The minimum atomic E-state index is -0.662. The third-order valence-corrected chi connectivity index (χ3v) is 1.85. The maximum Gasteiger partial charge on any atom is 0.240 e. The molecule has 5 heteroatoms. The van der Waals surface area contributed by atoms with Crippen LogP contribution in [0, 0.1) is 5.82 Å². The number of halogens is 2. The average Bonchev–Trinajstić information content (AvgIpc) is 2.10. The molecule has 1 aromatic rings. The molecule has 0 saturated carbocycles. The van der Waals surface area contributed by atoms with Crippen LogP contribution < -0.4 is 5.73 Å². The summed E-state index contributed by atoms with van der Waals surface area (Å²) in [5, 5.41) is 0.227. The highest BCUT2D eigenvalue weighted by Crippen LogP contribution is 2.25. The number of rotatable bonds is 2. The minimum absolute atomic E-state index is 0.0974. The number of hydrogen-bond acceptors (Lipinski definition) is 3. The van der Waals surface area contributed by atoms with Gasteiger partial charge < -0.3 is 5.73 Å². The number of nitrogens with two attached hydrogens (primary N) is 1. The number of carbonyl (C=O) groups excluding carboxylic acids is 1. The zero-order valence-corrected chi connectivity index (χ0v) is 7.31. The molecule has 0 aliphatic carbocycles. The van der Waals surface area contributed by atoms with Gasteiger partial charge in [-0.05, 0) is 17.7 Å². The number of hydrogen-bond donors (Lipinski definition) is 1. The number of isocyanates is 1. The minimum Gasteiger partial charge on any atom is -0.326 e. The van der Waals surface area contributed by atoms with Gasteiger partial charge in [-0.1, -0.05) is 11.6 Å². The Morgan fingerprint density at radius 2 is 2.31 bits per heavy atom. The standard InChI is InChI=1S/C8H6ClFN2O/c9-6-2-7(10)8(12-4-13)1-5(6)3-11/h1-2H,3,11H2. The van der Waals surface area contributed by atoms with Gasteiger partial charge in [-0.3, -0.25) is 0 Å². The molecule has 1 aromatic carbocycles. The Bertz CT molecular complexity index is 375. The van der Waals surface area contributed by atoms with E-state index in [1.807, 2.05) is 0 Å². The summed E-state index contributed by atoms with van der Waals surface area (Å²) >= 11 is 5.64. The second-order valence-electron chi connectivity index (χ2n) is 2.30. The van der Waals surface area contributed by atoms with Crippen LogP contribution in [-0.2, 0) is 11.3 Å². The van der Waals surface area contributed by atoms with Crippen molar-refractivity contribution in [3.8, 4) is 0 Å². The molecule has 0 aromatic heterocycles. The third-order valence-electron chi connectivity index (χ3n) is 1.50. The van der Waals surface area contributed by atoms with Crippen molar-refractivity contribution in [3.63, 3.8) is 0 Å². The quantitative estimate of drug-likeness (QED) is 0.586. The number of aliphatic imine (C=N–C) groups is 1.